The van der Waals surface area contributed by atoms with E-state index in [4.69, 9.17) is 37.3 Å². The molecule has 37 heavy (non-hydrogen) atoms. The number of amides is 2. The summed E-state index contributed by atoms with van der Waals surface area (Å²) in [7, 11) is 3.17. The first-order chi connectivity index (χ1) is 17.8. The second kappa shape index (κ2) is 13.9. The van der Waals surface area contributed by atoms with Crippen molar-refractivity contribution in [2.75, 3.05) is 46.1 Å². The Hall–Kier alpha value is -3.17. The molecule has 0 bridgehead atoms. The van der Waals surface area contributed by atoms with Crippen molar-refractivity contribution in [1.29, 1.82) is 0 Å². The number of primary amides is 1. The predicted octanol–water partition coefficient (Wildman–Crippen LogP) is 4.25. The summed E-state index contributed by atoms with van der Waals surface area (Å²) in [6, 6.07) is 8.20. The number of halogens is 1. The van der Waals surface area contributed by atoms with Gasteiger partial charge < -0.3 is 35.9 Å². The molecule has 2 aromatic rings. The number of hydrogen-bond acceptors (Lipinski definition) is 7. The van der Waals surface area contributed by atoms with Crippen LogP contribution in [0.2, 0.25) is 5.02 Å². The van der Waals surface area contributed by atoms with Crippen LogP contribution >= 0.6 is 11.6 Å². The van der Waals surface area contributed by atoms with Gasteiger partial charge in [0.2, 0.25) is 0 Å². The normalized spacial score (nSPS) is 14.2. The van der Waals surface area contributed by atoms with E-state index >= 15 is 0 Å². The quantitative estimate of drug-likeness (QED) is 0.200. The number of likely N-dealkylation sites (tertiary alicyclic amines) is 1. The summed E-state index contributed by atoms with van der Waals surface area (Å²) >= 11 is 6.24. The molecule has 0 aliphatic carbocycles. The number of carbonyl (C=O) groups is 2. The van der Waals surface area contributed by atoms with Crippen LogP contribution in [-0.4, -0.2) is 57.1 Å². The number of nitrogens with one attached hydrogen (secondary N) is 1. The standard InChI is InChI=1S/C27H37ClN4O5/c1-35-20-11-19(12-21(13-20)36-2)17-37-26-15-24(29)23(28)14-22(26)25(33)5-3-4-8-32-9-6-18(7-10-32)16-31-27(30)34/h11-15,18H,3-10,16-17,29H2,1-2H3,(H3,30,31,34). The van der Waals surface area contributed by atoms with Gasteiger partial charge in [0.05, 0.1) is 30.5 Å². The summed E-state index contributed by atoms with van der Waals surface area (Å²) in [6.07, 6.45) is 4.13. The lowest BCUT2D eigenvalue weighted by Crippen LogP contribution is -2.40. The lowest BCUT2D eigenvalue weighted by molar-refractivity contribution is 0.0972. The number of methoxy groups -OCH3 is 2. The van der Waals surface area contributed by atoms with Crippen LogP contribution in [0.1, 0.15) is 48.0 Å². The SMILES string of the molecule is COc1cc(COc2cc(N)c(Cl)cc2C(=O)CCCCN2CCC(CNC(N)=O)CC2)cc(OC)c1. The van der Waals surface area contributed by atoms with Gasteiger partial charge in [0.25, 0.3) is 0 Å². The zero-order chi connectivity index (χ0) is 26.8. The van der Waals surface area contributed by atoms with Crippen LogP contribution in [0.15, 0.2) is 30.3 Å². The Morgan fingerprint density at radius 2 is 1.73 bits per heavy atom. The van der Waals surface area contributed by atoms with Crippen LogP contribution in [0.25, 0.3) is 0 Å². The first-order valence-electron chi connectivity index (χ1n) is 12.5. The van der Waals surface area contributed by atoms with E-state index in [9.17, 15) is 9.59 Å². The molecule has 0 radical (unpaired) electrons. The molecule has 9 nitrogen and oxygen atoms in total. The van der Waals surface area contributed by atoms with Crippen molar-refractivity contribution in [1.82, 2.24) is 10.2 Å². The Morgan fingerprint density at radius 1 is 1.05 bits per heavy atom. The van der Waals surface area contributed by atoms with Gasteiger partial charge >= 0.3 is 6.03 Å². The number of carbonyl (C=O) groups excluding carboxylic acids is 2. The smallest absolute Gasteiger partial charge is 0.312 e. The topological polar surface area (TPSA) is 129 Å². The summed E-state index contributed by atoms with van der Waals surface area (Å²) in [5.74, 6) is 2.14. The molecule has 5 N–H and O–H groups in total. The fourth-order valence-corrected chi connectivity index (χ4v) is 4.60. The molecule has 2 aromatic carbocycles. The van der Waals surface area contributed by atoms with Crippen molar-refractivity contribution in [3.8, 4) is 17.2 Å². The van der Waals surface area contributed by atoms with Crippen LogP contribution < -0.4 is 31.0 Å². The average Bonchev–Trinajstić information content (AvgIpc) is 2.90. The minimum Gasteiger partial charge on any atom is -0.497 e. The lowest BCUT2D eigenvalue weighted by Gasteiger charge is -2.31. The third-order valence-electron chi connectivity index (χ3n) is 6.61. The molecule has 0 aromatic heterocycles. The Kier molecular flexibility index (Phi) is 10.7. The number of nitrogens with zero attached hydrogens (tertiary/aromatic N) is 1. The number of nitrogen functional groups attached to an aromatic ring is 1. The van der Waals surface area contributed by atoms with Gasteiger partial charge in [-0.2, -0.15) is 0 Å². The number of ketones is 1. The summed E-state index contributed by atoms with van der Waals surface area (Å²) in [5, 5.41) is 3.02. The Morgan fingerprint density at radius 3 is 2.35 bits per heavy atom. The van der Waals surface area contributed by atoms with Crippen LogP contribution in [0.5, 0.6) is 17.2 Å². The molecule has 1 aliphatic heterocycles. The highest BCUT2D eigenvalue weighted by Crippen LogP contribution is 2.32. The zero-order valence-corrected chi connectivity index (χ0v) is 22.3. The molecule has 3 rings (SSSR count). The van der Waals surface area contributed by atoms with Crippen LogP contribution in [0.3, 0.4) is 0 Å². The molecular formula is C27H37ClN4O5. The van der Waals surface area contributed by atoms with Crippen LogP contribution in [0.4, 0.5) is 10.5 Å². The number of benzene rings is 2. The molecule has 1 fully saturated rings. The number of rotatable bonds is 13. The minimum atomic E-state index is -0.469. The second-order valence-corrected chi connectivity index (χ2v) is 9.70. The summed E-state index contributed by atoms with van der Waals surface area (Å²) in [5.41, 5.74) is 12.8. The average molecular weight is 533 g/mol. The maximum absolute atomic E-state index is 13.1. The van der Waals surface area contributed by atoms with Crippen molar-refractivity contribution in [2.45, 2.75) is 38.7 Å². The van der Waals surface area contributed by atoms with Gasteiger partial charge in [-0.05, 0) is 75.0 Å². The van der Waals surface area contributed by atoms with Gasteiger partial charge in [-0.25, -0.2) is 4.79 Å². The van der Waals surface area contributed by atoms with Crippen molar-refractivity contribution < 1.29 is 23.8 Å². The van der Waals surface area contributed by atoms with E-state index in [-0.39, 0.29) is 12.4 Å². The maximum Gasteiger partial charge on any atom is 0.312 e. The van der Waals surface area contributed by atoms with Crippen LogP contribution in [0, 0.1) is 5.92 Å². The number of anilines is 1. The number of piperidine rings is 1. The Bertz CT molecular complexity index is 1050. The number of ether oxygens (including phenoxy) is 3. The largest absolute Gasteiger partial charge is 0.497 e. The minimum absolute atomic E-state index is 0.0312. The highest BCUT2D eigenvalue weighted by atomic mass is 35.5. The van der Waals surface area contributed by atoms with Gasteiger partial charge in [0.1, 0.15) is 23.9 Å². The zero-order valence-electron chi connectivity index (χ0n) is 21.6. The molecule has 0 saturated carbocycles. The maximum atomic E-state index is 13.1. The van der Waals surface area contributed by atoms with E-state index in [0.29, 0.717) is 52.4 Å². The number of hydrogen-bond donors (Lipinski definition) is 3. The van der Waals surface area contributed by atoms with Gasteiger partial charge in [0.15, 0.2) is 5.78 Å². The molecular weight excluding hydrogens is 496 g/mol. The van der Waals surface area contributed by atoms with Crippen LogP contribution in [-0.2, 0) is 6.61 Å². The summed E-state index contributed by atoms with van der Waals surface area (Å²) in [4.78, 5) is 26.4. The number of Topliss-reactive ketones (excluding diaryl/α,β-unsaturated/α-hetero) is 1. The molecule has 10 heteroatoms. The highest BCUT2D eigenvalue weighted by molar-refractivity contribution is 6.33. The van der Waals surface area contributed by atoms with E-state index in [1.165, 1.54) is 0 Å². The molecule has 202 valence electrons. The number of urea groups is 1. The van der Waals surface area contributed by atoms with Crippen molar-refractivity contribution in [2.24, 2.45) is 11.7 Å². The molecule has 2 amide bonds. The summed E-state index contributed by atoms with van der Waals surface area (Å²) in [6.45, 7) is 3.75. The van der Waals surface area contributed by atoms with E-state index < -0.39 is 6.03 Å². The lowest BCUT2D eigenvalue weighted by atomic mass is 9.96. The third kappa shape index (κ3) is 8.72. The van der Waals surface area contributed by atoms with Gasteiger partial charge in [-0.1, -0.05) is 11.6 Å². The van der Waals surface area contributed by atoms with E-state index in [1.807, 2.05) is 12.1 Å². The van der Waals surface area contributed by atoms with Gasteiger partial charge in [-0.3, -0.25) is 4.79 Å². The third-order valence-corrected chi connectivity index (χ3v) is 6.93. The molecule has 0 unspecified atom stereocenters. The fraction of sp³-hybridized carbons (Fsp3) is 0.481. The first-order valence-corrected chi connectivity index (χ1v) is 12.9. The number of nitrogens with two attached hydrogens (primary N) is 2. The first kappa shape index (κ1) is 28.4. The highest BCUT2D eigenvalue weighted by Gasteiger charge is 2.20. The molecule has 1 saturated heterocycles. The Balaban J connectivity index is 1.52. The molecule has 1 heterocycles. The number of unbranched alkanes of at least 4 members (excludes halogenated alkanes) is 1. The van der Waals surface area contributed by atoms with Gasteiger partial charge in [0, 0.05) is 25.1 Å². The van der Waals surface area contributed by atoms with Crippen molar-refractivity contribution in [3.63, 3.8) is 0 Å². The monoisotopic (exact) mass is 532 g/mol. The van der Waals surface area contributed by atoms with E-state index in [1.54, 1.807) is 32.4 Å². The fourth-order valence-electron chi connectivity index (χ4n) is 4.43. The molecule has 1 aliphatic rings. The molecule has 0 spiro atoms. The van der Waals surface area contributed by atoms with Gasteiger partial charge in [-0.15, -0.1) is 0 Å². The second-order valence-electron chi connectivity index (χ2n) is 9.29. The van der Waals surface area contributed by atoms with Crippen molar-refractivity contribution in [3.05, 3.63) is 46.5 Å². The summed E-state index contributed by atoms with van der Waals surface area (Å²) < 4.78 is 16.7. The Labute approximate surface area is 223 Å². The molecule has 0 atom stereocenters. The van der Waals surface area contributed by atoms with E-state index in [0.717, 1.165) is 50.9 Å². The van der Waals surface area contributed by atoms with E-state index in [2.05, 4.69) is 10.2 Å². The van der Waals surface area contributed by atoms with Crippen molar-refractivity contribution >= 4 is 29.1 Å². The predicted molar refractivity (Wildman–Crippen MR) is 145 cm³/mol.